The SMILES string of the molecule is C[C@@H]1[C@H]2C=C[C@](C)(OO2)[C@@]1(C)CCC1=CC(O)OC1=O. The maximum atomic E-state index is 11.6. The highest BCUT2D eigenvalue weighted by molar-refractivity contribution is 5.90. The molecule has 3 heterocycles. The van der Waals surface area contributed by atoms with Crippen LogP contribution in [-0.2, 0) is 19.3 Å². The van der Waals surface area contributed by atoms with Crippen LogP contribution < -0.4 is 0 Å². The van der Waals surface area contributed by atoms with Crippen molar-refractivity contribution in [3.8, 4) is 0 Å². The number of hydrogen-bond acceptors (Lipinski definition) is 5. The van der Waals surface area contributed by atoms with Gasteiger partial charge < -0.3 is 9.84 Å². The maximum Gasteiger partial charge on any atom is 0.336 e. The molecule has 0 amide bonds. The normalized spacial score (nSPS) is 46.5. The molecule has 20 heavy (non-hydrogen) atoms. The molecule has 0 radical (unpaired) electrons. The van der Waals surface area contributed by atoms with Gasteiger partial charge in [0.1, 0.15) is 11.7 Å². The summed E-state index contributed by atoms with van der Waals surface area (Å²) in [4.78, 5) is 22.5. The maximum absolute atomic E-state index is 11.6. The molecule has 0 aromatic heterocycles. The van der Waals surface area contributed by atoms with Gasteiger partial charge in [-0.3, -0.25) is 0 Å². The first-order valence-corrected chi connectivity index (χ1v) is 6.99. The minimum atomic E-state index is -1.10. The van der Waals surface area contributed by atoms with E-state index in [0.29, 0.717) is 12.0 Å². The number of carbonyl (C=O) groups excluding carboxylic acids is 1. The third-order valence-electron chi connectivity index (χ3n) is 5.32. The van der Waals surface area contributed by atoms with Crippen molar-refractivity contribution in [1.82, 2.24) is 0 Å². The van der Waals surface area contributed by atoms with Crippen molar-refractivity contribution in [1.29, 1.82) is 0 Å². The van der Waals surface area contributed by atoms with Crippen LogP contribution in [0.5, 0.6) is 0 Å². The quantitative estimate of drug-likeness (QED) is 0.486. The van der Waals surface area contributed by atoms with Gasteiger partial charge in [0.2, 0.25) is 6.29 Å². The van der Waals surface area contributed by atoms with E-state index in [2.05, 4.69) is 19.9 Å². The van der Waals surface area contributed by atoms with Gasteiger partial charge in [-0.05, 0) is 31.8 Å². The molecule has 110 valence electrons. The number of aliphatic hydroxyl groups is 1. The van der Waals surface area contributed by atoms with E-state index in [4.69, 9.17) is 14.5 Å². The van der Waals surface area contributed by atoms with E-state index in [0.717, 1.165) is 6.42 Å². The van der Waals surface area contributed by atoms with Gasteiger partial charge in [0.15, 0.2) is 0 Å². The molecule has 2 bridgehead atoms. The number of esters is 1. The summed E-state index contributed by atoms with van der Waals surface area (Å²) in [6.07, 6.45) is 5.77. The second-order valence-electron chi connectivity index (χ2n) is 6.30. The van der Waals surface area contributed by atoms with Crippen molar-refractivity contribution in [2.45, 2.75) is 51.6 Å². The summed E-state index contributed by atoms with van der Waals surface area (Å²) in [5.41, 5.74) is -0.0943. The molecule has 5 nitrogen and oxygen atoms in total. The third kappa shape index (κ3) is 1.84. The van der Waals surface area contributed by atoms with Crippen molar-refractivity contribution >= 4 is 5.97 Å². The van der Waals surface area contributed by atoms with Gasteiger partial charge in [0.05, 0.1) is 0 Å². The first kappa shape index (κ1) is 13.8. The highest BCUT2D eigenvalue weighted by atomic mass is 17.2. The van der Waals surface area contributed by atoms with Gasteiger partial charge in [-0.2, -0.15) is 0 Å². The molecule has 5 heteroatoms. The van der Waals surface area contributed by atoms with Gasteiger partial charge >= 0.3 is 5.97 Å². The molecule has 1 fully saturated rings. The predicted molar refractivity (Wildman–Crippen MR) is 70.2 cm³/mol. The highest BCUT2D eigenvalue weighted by Crippen LogP contribution is 2.54. The van der Waals surface area contributed by atoms with Crippen LogP contribution in [0.1, 0.15) is 33.6 Å². The van der Waals surface area contributed by atoms with Crippen molar-refractivity contribution in [2.24, 2.45) is 11.3 Å². The molecule has 0 aromatic carbocycles. The Labute approximate surface area is 118 Å². The fraction of sp³-hybridized carbons (Fsp3) is 0.667. The van der Waals surface area contributed by atoms with Crippen LogP contribution >= 0.6 is 0 Å². The first-order chi connectivity index (χ1) is 9.36. The predicted octanol–water partition coefficient (Wildman–Crippen LogP) is 1.87. The Morgan fingerprint density at radius 1 is 1.40 bits per heavy atom. The van der Waals surface area contributed by atoms with Crippen molar-refractivity contribution in [3.05, 3.63) is 23.8 Å². The molecule has 1 N–H and O–H groups in total. The zero-order valence-corrected chi connectivity index (χ0v) is 12.0. The summed E-state index contributed by atoms with van der Waals surface area (Å²) in [5, 5.41) is 9.30. The van der Waals surface area contributed by atoms with E-state index < -0.39 is 17.9 Å². The minimum absolute atomic E-state index is 0.0445. The molecule has 1 saturated heterocycles. The summed E-state index contributed by atoms with van der Waals surface area (Å²) < 4.78 is 4.71. The third-order valence-corrected chi connectivity index (χ3v) is 5.32. The number of aliphatic hydroxyl groups excluding tert-OH is 1. The molecule has 5 atom stereocenters. The Bertz CT molecular complexity index is 496. The smallest absolute Gasteiger partial charge is 0.336 e. The summed E-state index contributed by atoms with van der Waals surface area (Å²) in [6, 6.07) is 0. The van der Waals surface area contributed by atoms with Gasteiger partial charge in [0, 0.05) is 11.0 Å². The number of rotatable bonds is 3. The van der Waals surface area contributed by atoms with E-state index in [1.165, 1.54) is 6.08 Å². The van der Waals surface area contributed by atoms with E-state index in [1.807, 2.05) is 13.0 Å². The van der Waals surface area contributed by atoms with Gasteiger partial charge in [-0.15, -0.1) is 0 Å². The van der Waals surface area contributed by atoms with E-state index in [9.17, 15) is 9.90 Å². The van der Waals surface area contributed by atoms with Gasteiger partial charge in [0.25, 0.3) is 0 Å². The van der Waals surface area contributed by atoms with E-state index >= 15 is 0 Å². The Morgan fingerprint density at radius 3 is 2.65 bits per heavy atom. The Morgan fingerprint density at radius 2 is 2.15 bits per heavy atom. The fourth-order valence-electron chi connectivity index (χ4n) is 3.36. The van der Waals surface area contributed by atoms with Crippen LogP contribution in [0.15, 0.2) is 23.8 Å². The summed E-state index contributed by atoms with van der Waals surface area (Å²) in [7, 11) is 0. The molecule has 3 aliphatic heterocycles. The fourth-order valence-corrected chi connectivity index (χ4v) is 3.36. The molecule has 4 rings (SSSR count). The number of cyclic esters (lactones) is 1. The number of fused-ring (bicyclic) bond motifs is 2. The molecular formula is C15H20O5. The van der Waals surface area contributed by atoms with Crippen LogP contribution in [0, 0.1) is 11.3 Å². The monoisotopic (exact) mass is 280 g/mol. The average molecular weight is 280 g/mol. The Hall–Kier alpha value is -1.17. The second kappa shape index (κ2) is 4.41. The number of carbonyl (C=O) groups is 1. The molecule has 1 aliphatic carbocycles. The molecule has 0 aromatic rings. The molecule has 1 unspecified atom stereocenters. The Balaban J connectivity index is 1.78. The Kier molecular flexibility index (Phi) is 3.04. The molecule has 0 saturated carbocycles. The molecular weight excluding hydrogens is 260 g/mol. The van der Waals surface area contributed by atoms with Crippen LogP contribution in [0.3, 0.4) is 0 Å². The molecule has 4 aliphatic rings. The van der Waals surface area contributed by atoms with Crippen LogP contribution in [0.25, 0.3) is 0 Å². The number of hydrogen-bond donors (Lipinski definition) is 1. The standard InChI is InChI=1S/C15H20O5/c1-9-11-5-7-15(3,20-19-11)14(9,2)6-4-10-8-12(16)18-13(10)17/h5,7-9,11-12,16H,4,6H2,1-3H3/t9-,11-,12?,14+,15+/m1/s1. The van der Waals surface area contributed by atoms with Crippen LogP contribution in [-0.4, -0.2) is 29.1 Å². The summed E-state index contributed by atoms with van der Waals surface area (Å²) in [5.74, 6) is -0.137. The second-order valence-corrected chi connectivity index (χ2v) is 6.30. The lowest BCUT2D eigenvalue weighted by Crippen LogP contribution is -2.59. The minimum Gasteiger partial charge on any atom is -0.429 e. The zero-order chi connectivity index (χ0) is 14.5. The van der Waals surface area contributed by atoms with Gasteiger partial charge in [-0.1, -0.05) is 26.0 Å². The lowest BCUT2D eigenvalue weighted by molar-refractivity contribution is -0.437. The zero-order valence-electron chi connectivity index (χ0n) is 12.0. The largest absolute Gasteiger partial charge is 0.429 e. The average Bonchev–Trinajstić information content (AvgIpc) is 2.72. The van der Waals surface area contributed by atoms with Gasteiger partial charge in [-0.25, -0.2) is 14.6 Å². The van der Waals surface area contributed by atoms with E-state index in [1.54, 1.807) is 0 Å². The van der Waals surface area contributed by atoms with E-state index in [-0.39, 0.29) is 17.4 Å². The van der Waals surface area contributed by atoms with Crippen molar-refractivity contribution in [3.63, 3.8) is 0 Å². The summed E-state index contributed by atoms with van der Waals surface area (Å²) in [6.45, 7) is 6.31. The number of ether oxygens (including phenoxy) is 1. The topological polar surface area (TPSA) is 65.0 Å². The lowest BCUT2D eigenvalue weighted by Gasteiger charge is -2.56. The van der Waals surface area contributed by atoms with Crippen molar-refractivity contribution in [2.75, 3.05) is 0 Å². The van der Waals surface area contributed by atoms with Crippen molar-refractivity contribution < 1.29 is 24.4 Å². The highest BCUT2D eigenvalue weighted by Gasteiger charge is 2.57. The lowest BCUT2D eigenvalue weighted by atomic mass is 9.58. The molecule has 0 spiro atoms. The summed E-state index contributed by atoms with van der Waals surface area (Å²) >= 11 is 0. The van der Waals surface area contributed by atoms with Crippen LogP contribution in [0.2, 0.25) is 0 Å². The first-order valence-electron chi connectivity index (χ1n) is 6.99. The van der Waals surface area contributed by atoms with Crippen LogP contribution in [0.4, 0.5) is 0 Å².